The van der Waals surface area contributed by atoms with Gasteiger partial charge in [-0.2, -0.15) is 5.10 Å². The number of carbonyl (C=O) groups is 1. The topological polar surface area (TPSA) is 73.2 Å². The van der Waals surface area contributed by atoms with Crippen LogP contribution in [-0.4, -0.2) is 35.3 Å². The van der Waals surface area contributed by atoms with Gasteiger partial charge in [0, 0.05) is 24.8 Å². The number of rotatable bonds is 7. The van der Waals surface area contributed by atoms with Gasteiger partial charge in [0.2, 0.25) is 5.91 Å². The van der Waals surface area contributed by atoms with Crippen LogP contribution < -0.4 is 10.9 Å². The Labute approximate surface area is 133 Å². The molecule has 22 heavy (non-hydrogen) atoms. The van der Waals surface area contributed by atoms with Gasteiger partial charge in [0.25, 0.3) is 5.56 Å². The molecule has 1 aromatic heterocycles. The van der Waals surface area contributed by atoms with Gasteiger partial charge in [0.1, 0.15) is 0 Å². The minimum Gasteiger partial charge on any atom is -0.383 e. The van der Waals surface area contributed by atoms with Crippen LogP contribution in [0.2, 0.25) is 0 Å². The molecule has 0 atom stereocenters. The van der Waals surface area contributed by atoms with Gasteiger partial charge in [0.05, 0.1) is 30.8 Å². The third kappa shape index (κ3) is 3.84. The molecule has 0 unspecified atom stereocenters. The average molecular weight is 324 g/mol. The smallest absolute Gasteiger partial charge is 0.274 e. The van der Waals surface area contributed by atoms with Crippen LogP contribution in [0, 0.1) is 0 Å². The van der Waals surface area contributed by atoms with Crippen molar-refractivity contribution in [2.45, 2.75) is 19.5 Å². The summed E-state index contributed by atoms with van der Waals surface area (Å²) >= 11 is 5.54. The van der Waals surface area contributed by atoms with Gasteiger partial charge in [-0.15, -0.1) is 11.6 Å². The van der Waals surface area contributed by atoms with Crippen molar-refractivity contribution in [3.8, 4) is 0 Å². The first-order valence-electron chi connectivity index (χ1n) is 6.97. The molecule has 1 aromatic carbocycles. The van der Waals surface area contributed by atoms with Gasteiger partial charge in [-0.05, 0) is 6.07 Å². The summed E-state index contributed by atoms with van der Waals surface area (Å²) in [5, 5.41) is 8.43. The first-order valence-corrected chi connectivity index (χ1v) is 7.51. The zero-order valence-electron chi connectivity index (χ0n) is 12.3. The van der Waals surface area contributed by atoms with Gasteiger partial charge in [-0.3, -0.25) is 9.59 Å². The Bertz CT molecular complexity index is 715. The van der Waals surface area contributed by atoms with Gasteiger partial charge >= 0.3 is 0 Å². The standard InChI is InChI=1S/C15H18ClN3O3/c1-22-9-8-19-15(21)12-5-3-2-4-11(12)13(18-19)10-17-14(20)6-7-16/h2-5H,6-10H2,1H3,(H,17,20). The van der Waals surface area contributed by atoms with E-state index in [4.69, 9.17) is 16.3 Å². The lowest BCUT2D eigenvalue weighted by Crippen LogP contribution is -2.29. The highest BCUT2D eigenvalue weighted by Crippen LogP contribution is 2.13. The fourth-order valence-electron chi connectivity index (χ4n) is 2.12. The summed E-state index contributed by atoms with van der Waals surface area (Å²) in [6.45, 7) is 1.01. The van der Waals surface area contributed by atoms with E-state index in [0.29, 0.717) is 24.2 Å². The number of methoxy groups -OCH3 is 1. The van der Waals surface area contributed by atoms with Crippen molar-refractivity contribution >= 4 is 28.3 Å². The second-order valence-electron chi connectivity index (χ2n) is 4.73. The highest BCUT2D eigenvalue weighted by Gasteiger charge is 2.11. The number of hydrogen-bond donors (Lipinski definition) is 1. The Hall–Kier alpha value is -1.92. The summed E-state index contributed by atoms with van der Waals surface area (Å²) < 4.78 is 6.37. The van der Waals surface area contributed by atoms with Crippen LogP contribution in [0.5, 0.6) is 0 Å². The molecule has 1 N–H and O–H groups in total. The van der Waals surface area contributed by atoms with Gasteiger partial charge in [-0.1, -0.05) is 18.2 Å². The molecule has 6 nitrogen and oxygen atoms in total. The first kappa shape index (κ1) is 16.5. The fraction of sp³-hybridized carbons (Fsp3) is 0.400. The van der Waals surface area contributed by atoms with E-state index in [1.165, 1.54) is 4.68 Å². The molecule has 2 aromatic rings. The number of alkyl halides is 1. The average Bonchev–Trinajstić information content (AvgIpc) is 2.53. The lowest BCUT2D eigenvalue weighted by atomic mass is 10.1. The molecule has 7 heteroatoms. The van der Waals surface area contributed by atoms with Crippen molar-refractivity contribution in [2.75, 3.05) is 19.6 Å². The van der Waals surface area contributed by atoms with E-state index in [9.17, 15) is 9.59 Å². The summed E-state index contributed by atoms with van der Waals surface area (Å²) in [5.74, 6) is 0.128. The van der Waals surface area contributed by atoms with Gasteiger partial charge < -0.3 is 10.1 Å². The zero-order chi connectivity index (χ0) is 15.9. The third-order valence-corrected chi connectivity index (χ3v) is 3.41. The van der Waals surface area contributed by atoms with Gasteiger partial charge in [0.15, 0.2) is 0 Å². The van der Waals surface area contributed by atoms with E-state index < -0.39 is 0 Å². The van der Waals surface area contributed by atoms with Crippen molar-refractivity contribution in [3.63, 3.8) is 0 Å². The van der Waals surface area contributed by atoms with Gasteiger partial charge in [-0.25, -0.2) is 4.68 Å². The number of aromatic nitrogens is 2. The molecule has 0 saturated carbocycles. The predicted molar refractivity (Wildman–Crippen MR) is 85.1 cm³/mol. The van der Waals surface area contributed by atoms with Crippen LogP contribution in [0.4, 0.5) is 0 Å². The lowest BCUT2D eigenvalue weighted by molar-refractivity contribution is -0.120. The number of halogens is 1. The molecular formula is C15H18ClN3O3. The highest BCUT2D eigenvalue weighted by atomic mass is 35.5. The van der Waals surface area contributed by atoms with Crippen LogP contribution in [0.3, 0.4) is 0 Å². The van der Waals surface area contributed by atoms with E-state index in [2.05, 4.69) is 10.4 Å². The molecule has 118 valence electrons. The number of ether oxygens (including phenoxy) is 1. The van der Waals surface area contributed by atoms with Crippen LogP contribution in [0.1, 0.15) is 12.1 Å². The van der Waals surface area contributed by atoms with Crippen molar-refractivity contribution in [1.29, 1.82) is 0 Å². The summed E-state index contributed by atoms with van der Waals surface area (Å²) in [4.78, 5) is 23.9. The summed E-state index contributed by atoms with van der Waals surface area (Å²) in [6, 6.07) is 7.23. The van der Waals surface area contributed by atoms with Crippen molar-refractivity contribution in [3.05, 3.63) is 40.3 Å². The Morgan fingerprint density at radius 2 is 2.09 bits per heavy atom. The molecule has 2 rings (SSSR count). The molecule has 1 heterocycles. The van der Waals surface area contributed by atoms with Crippen LogP contribution in [-0.2, 0) is 22.6 Å². The van der Waals surface area contributed by atoms with E-state index in [0.717, 1.165) is 5.39 Å². The number of amides is 1. The molecule has 0 spiro atoms. The Morgan fingerprint density at radius 3 is 2.77 bits per heavy atom. The zero-order valence-corrected chi connectivity index (χ0v) is 13.1. The van der Waals surface area contributed by atoms with Crippen molar-refractivity contribution < 1.29 is 9.53 Å². The molecule has 0 saturated heterocycles. The molecule has 0 bridgehead atoms. The Morgan fingerprint density at radius 1 is 1.36 bits per heavy atom. The van der Waals surface area contributed by atoms with Crippen LogP contribution in [0.25, 0.3) is 10.8 Å². The third-order valence-electron chi connectivity index (χ3n) is 3.23. The summed E-state index contributed by atoms with van der Waals surface area (Å²) in [6.07, 6.45) is 0.253. The van der Waals surface area contributed by atoms with E-state index in [1.54, 1.807) is 19.2 Å². The van der Waals surface area contributed by atoms with E-state index >= 15 is 0 Å². The van der Waals surface area contributed by atoms with E-state index in [-0.39, 0.29) is 30.3 Å². The number of hydrogen-bond acceptors (Lipinski definition) is 4. The Balaban J connectivity index is 2.36. The maximum atomic E-state index is 12.4. The number of nitrogens with zero attached hydrogens (tertiary/aromatic N) is 2. The SMILES string of the molecule is COCCn1nc(CNC(=O)CCCl)c2ccccc2c1=O. The van der Waals surface area contributed by atoms with Crippen LogP contribution >= 0.6 is 11.6 Å². The number of carbonyl (C=O) groups excluding carboxylic acids is 1. The van der Waals surface area contributed by atoms with Crippen molar-refractivity contribution in [2.24, 2.45) is 0 Å². The summed E-state index contributed by atoms with van der Waals surface area (Å²) in [7, 11) is 1.57. The molecule has 1 amide bonds. The molecular weight excluding hydrogens is 306 g/mol. The number of nitrogens with one attached hydrogen (secondary N) is 1. The predicted octanol–water partition coefficient (Wildman–Crippen LogP) is 1.29. The molecule has 0 aliphatic rings. The lowest BCUT2D eigenvalue weighted by Gasteiger charge is -2.11. The second kappa shape index (κ2) is 7.91. The molecule has 0 radical (unpaired) electrons. The van der Waals surface area contributed by atoms with Crippen molar-refractivity contribution in [1.82, 2.24) is 15.1 Å². The normalized spacial score (nSPS) is 10.8. The number of fused-ring (bicyclic) bond motifs is 1. The second-order valence-corrected chi connectivity index (χ2v) is 5.11. The minimum atomic E-state index is -0.163. The fourth-order valence-corrected chi connectivity index (χ4v) is 2.29. The molecule has 0 aliphatic heterocycles. The quantitative estimate of drug-likeness (QED) is 0.779. The maximum Gasteiger partial charge on any atom is 0.274 e. The molecule has 0 aliphatic carbocycles. The summed E-state index contributed by atoms with van der Waals surface area (Å²) in [5.41, 5.74) is 0.484. The minimum absolute atomic E-state index is 0.143. The number of benzene rings is 1. The largest absolute Gasteiger partial charge is 0.383 e. The maximum absolute atomic E-state index is 12.4. The Kier molecular flexibility index (Phi) is 5.91. The van der Waals surface area contributed by atoms with E-state index in [1.807, 2.05) is 12.1 Å². The highest BCUT2D eigenvalue weighted by molar-refractivity contribution is 6.18. The van der Waals surface area contributed by atoms with Crippen LogP contribution in [0.15, 0.2) is 29.1 Å². The molecule has 0 fully saturated rings. The monoisotopic (exact) mass is 323 g/mol. The first-order chi connectivity index (χ1) is 10.7.